The summed E-state index contributed by atoms with van der Waals surface area (Å²) in [6.45, 7) is 12.9. The summed E-state index contributed by atoms with van der Waals surface area (Å²) >= 11 is 0. The Balaban J connectivity index is 0. The van der Waals surface area contributed by atoms with Gasteiger partial charge in [-0.15, -0.1) is 0 Å². The van der Waals surface area contributed by atoms with Crippen molar-refractivity contribution in [2.24, 2.45) is 0 Å². The smallest absolute Gasteiger partial charge is 0.0104 e. The number of hydrogen-bond acceptors (Lipinski definition) is 2. The van der Waals surface area contributed by atoms with Crippen LogP contribution in [-0.2, 0) is 0 Å². The van der Waals surface area contributed by atoms with Crippen molar-refractivity contribution in [3.63, 3.8) is 0 Å². The van der Waals surface area contributed by atoms with Crippen LogP contribution in [0.5, 0.6) is 0 Å². The minimum absolute atomic E-state index is 1.08. The van der Waals surface area contributed by atoms with Crippen molar-refractivity contribution >= 4 is 0 Å². The Morgan fingerprint density at radius 3 is 2.08 bits per heavy atom. The van der Waals surface area contributed by atoms with Crippen LogP contribution >= 0.6 is 0 Å². The summed E-state index contributed by atoms with van der Waals surface area (Å²) in [5, 5.41) is 3.30. The highest BCUT2D eigenvalue weighted by Crippen LogP contribution is 1.83. The summed E-state index contributed by atoms with van der Waals surface area (Å²) in [7, 11) is 2.17. The maximum atomic E-state index is 3.30. The molecule has 0 saturated carbocycles. The molecule has 0 aromatic carbocycles. The molecule has 0 atom stereocenters. The SMILES string of the molecule is CC.CCCN(C)CCNCC. The Morgan fingerprint density at radius 1 is 1.08 bits per heavy atom. The van der Waals surface area contributed by atoms with Gasteiger partial charge in [-0.3, -0.25) is 0 Å². The van der Waals surface area contributed by atoms with Gasteiger partial charge in [-0.05, 0) is 26.6 Å². The number of nitrogens with zero attached hydrogens (tertiary/aromatic N) is 1. The molecule has 0 amide bonds. The third-order valence-corrected chi connectivity index (χ3v) is 1.53. The molecule has 0 spiro atoms. The number of hydrogen-bond donors (Lipinski definition) is 1. The van der Waals surface area contributed by atoms with Crippen LogP contribution in [0.4, 0.5) is 0 Å². The maximum Gasteiger partial charge on any atom is 0.0104 e. The van der Waals surface area contributed by atoms with E-state index in [0.29, 0.717) is 0 Å². The first kappa shape index (κ1) is 14.4. The Hall–Kier alpha value is -0.0800. The molecule has 0 aliphatic heterocycles. The van der Waals surface area contributed by atoms with Crippen LogP contribution in [0.1, 0.15) is 34.1 Å². The second kappa shape index (κ2) is 13.5. The lowest BCUT2D eigenvalue weighted by Crippen LogP contribution is -2.29. The summed E-state index contributed by atoms with van der Waals surface area (Å²) in [6.07, 6.45) is 1.25. The minimum atomic E-state index is 1.08. The average Bonchev–Trinajstić information content (AvgIpc) is 2.09. The van der Waals surface area contributed by atoms with E-state index < -0.39 is 0 Å². The van der Waals surface area contributed by atoms with Crippen LogP contribution < -0.4 is 5.32 Å². The van der Waals surface area contributed by atoms with Gasteiger partial charge in [-0.1, -0.05) is 27.7 Å². The molecule has 0 saturated heterocycles. The quantitative estimate of drug-likeness (QED) is 0.619. The molecule has 12 heavy (non-hydrogen) atoms. The number of nitrogens with one attached hydrogen (secondary N) is 1. The summed E-state index contributed by atoms with van der Waals surface area (Å²) in [5.41, 5.74) is 0. The van der Waals surface area contributed by atoms with Gasteiger partial charge in [-0.25, -0.2) is 0 Å². The van der Waals surface area contributed by atoms with E-state index in [-0.39, 0.29) is 0 Å². The molecule has 0 aliphatic rings. The fourth-order valence-corrected chi connectivity index (χ4v) is 0.940. The molecule has 0 aliphatic carbocycles. The second-order valence-corrected chi connectivity index (χ2v) is 2.66. The fraction of sp³-hybridized carbons (Fsp3) is 1.00. The predicted molar refractivity (Wildman–Crippen MR) is 57.7 cm³/mol. The standard InChI is InChI=1S/C8H20N2.C2H6/c1-4-7-10(3)8-6-9-5-2;1-2/h9H,4-8H2,1-3H3;1-2H3. The van der Waals surface area contributed by atoms with E-state index in [2.05, 4.69) is 31.1 Å². The van der Waals surface area contributed by atoms with Gasteiger partial charge < -0.3 is 10.2 Å². The Bertz CT molecular complexity index is 64.9. The van der Waals surface area contributed by atoms with Crippen molar-refractivity contribution in [1.29, 1.82) is 0 Å². The molecule has 0 unspecified atom stereocenters. The summed E-state index contributed by atoms with van der Waals surface area (Å²) < 4.78 is 0. The fourth-order valence-electron chi connectivity index (χ4n) is 0.940. The molecule has 2 nitrogen and oxygen atoms in total. The minimum Gasteiger partial charge on any atom is -0.316 e. The highest BCUT2D eigenvalue weighted by atomic mass is 15.1. The van der Waals surface area contributed by atoms with Crippen molar-refractivity contribution in [1.82, 2.24) is 10.2 Å². The lowest BCUT2D eigenvalue weighted by atomic mass is 10.4. The monoisotopic (exact) mass is 174 g/mol. The zero-order valence-electron chi connectivity index (χ0n) is 9.48. The van der Waals surface area contributed by atoms with Crippen molar-refractivity contribution < 1.29 is 0 Å². The van der Waals surface area contributed by atoms with Crippen LogP contribution in [0.3, 0.4) is 0 Å². The average molecular weight is 174 g/mol. The van der Waals surface area contributed by atoms with Crippen molar-refractivity contribution in [3.8, 4) is 0 Å². The first-order valence-corrected chi connectivity index (χ1v) is 5.20. The Labute approximate surface area is 78.3 Å². The summed E-state index contributed by atoms with van der Waals surface area (Å²) in [6, 6.07) is 0. The molecule has 0 radical (unpaired) electrons. The first-order chi connectivity index (χ1) is 5.81. The molecule has 0 bridgehead atoms. The van der Waals surface area contributed by atoms with Gasteiger partial charge in [0.1, 0.15) is 0 Å². The topological polar surface area (TPSA) is 15.3 Å². The largest absolute Gasteiger partial charge is 0.316 e. The van der Waals surface area contributed by atoms with E-state index in [1.165, 1.54) is 19.5 Å². The molecule has 2 heteroatoms. The van der Waals surface area contributed by atoms with E-state index in [1.807, 2.05) is 13.8 Å². The van der Waals surface area contributed by atoms with Gasteiger partial charge in [0.2, 0.25) is 0 Å². The van der Waals surface area contributed by atoms with Gasteiger partial charge in [-0.2, -0.15) is 0 Å². The summed E-state index contributed by atoms with van der Waals surface area (Å²) in [4.78, 5) is 2.35. The van der Waals surface area contributed by atoms with Gasteiger partial charge in [0.15, 0.2) is 0 Å². The van der Waals surface area contributed by atoms with Gasteiger partial charge in [0.05, 0.1) is 0 Å². The zero-order valence-corrected chi connectivity index (χ0v) is 9.48. The van der Waals surface area contributed by atoms with E-state index in [0.717, 1.165) is 13.1 Å². The van der Waals surface area contributed by atoms with Crippen molar-refractivity contribution in [2.45, 2.75) is 34.1 Å². The van der Waals surface area contributed by atoms with Crippen LogP contribution in [-0.4, -0.2) is 38.1 Å². The van der Waals surface area contributed by atoms with Crippen LogP contribution in [0, 0.1) is 0 Å². The first-order valence-electron chi connectivity index (χ1n) is 5.20. The molecule has 0 aromatic rings. The van der Waals surface area contributed by atoms with Crippen LogP contribution in [0.15, 0.2) is 0 Å². The normalized spacial score (nSPS) is 9.50. The molecular formula is C10H26N2. The van der Waals surface area contributed by atoms with Gasteiger partial charge in [0.25, 0.3) is 0 Å². The van der Waals surface area contributed by atoms with Gasteiger partial charge in [0, 0.05) is 13.1 Å². The zero-order chi connectivity index (χ0) is 9.82. The molecule has 0 fully saturated rings. The molecule has 76 valence electrons. The van der Waals surface area contributed by atoms with E-state index in [1.54, 1.807) is 0 Å². The predicted octanol–water partition coefficient (Wildman–Crippen LogP) is 1.96. The number of rotatable bonds is 6. The maximum absolute atomic E-state index is 3.30. The lowest BCUT2D eigenvalue weighted by Gasteiger charge is -2.14. The van der Waals surface area contributed by atoms with Crippen LogP contribution in [0.2, 0.25) is 0 Å². The van der Waals surface area contributed by atoms with Crippen molar-refractivity contribution in [3.05, 3.63) is 0 Å². The highest BCUT2D eigenvalue weighted by molar-refractivity contribution is 4.51. The van der Waals surface area contributed by atoms with E-state index in [4.69, 9.17) is 0 Å². The number of likely N-dealkylation sites (N-methyl/N-ethyl adjacent to an activating group) is 2. The summed E-state index contributed by atoms with van der Waals surface area (Å²) in [5.74, 6) is 0. The van der Waals surface area contributed by atoms with Gasteiger partial charge >= 0.3 is 0 Å². The van der Waals surface area contributed by atoms with Crippen LogP contribution in [0.25, 0.3) is 0 Å². The second-order valence-electron chi connectivity index (χ2n) is 2.66. The lowest BCUT2D eigenvalue weighted by molar-refractivity contribution is 0.333. The molecule has 0 aromatic heterocycles. The van der Waals surface area contributed by atoms with E-state index in [9.17, 15) is 0 Å². The molecule has 0 rings (SSSR count). The third kappa shape index (κ3) is 12.6. The van der Waals surface area contributed by atoms with Crippen molar-refractivity contribution in [2.75, 3.05) is 33.2 Å². The third-order valence-electron chi connectivity index (χ3n) is 1.53. The molecule has 1 N–H and O–H groups in total. The van der Waals surface area contributed by atoms with E-state index >= 15 is 0 Å². The Morgan fingerprint density at radius 2 is 1.67 bits per heavy atom. The molecular weight excluding hydrogens is 148 g/mol. The Kier molecular flexibility index (Phi) is 16.3. The molecule has 0 heterocycles. The highest BCUT2D eigenvalue weighted by Gasteiger charge is 1.92.